The van der Waals surface area contributed by atoms with E-state index in [1.165, 1.54) is 12.3 Å². The van der Waals surface area contributed by atoms with Crippen LogP contribution in [0.5, 0.6) is 17.2 Å². The van der Waals surface area contributed by atoms with E-state index in [1.54, 1.807) is 49.4 Å². The molecule has 3 amide bonds. The number of rotatable bonds is 15. The Labute approximate surface area is 267 Å². The number of ether oxygens (including phenoxy) is 3. The number of hydrogen-bond acceptors (Lipinski definition) is 7. The molecule has 0 heterocycles. The first-order valence-electron chi connectivity index (χ1n) is 14.0. The molecule has 3 aromatic rings. The summed E-state index contributed by atoms with van der Waals surface area (Å²) in [6, 6.07) is 17.9. The molecule has 0 radical (unpaired) electrons. The van der Waals surface area contributed by atoms with E-state index in [0.29, 0.717) is 46.5 Å². The summed E-state index contributed by atoms with van der Waals surface area (Å²) in [7, 11) is 0. The number of carbonyl (C=O) groups excluding carboxylic acids is 3. The number of benzene rings is 3. The first-order chi connectivity index (χ1) is 21.0. The van der Waals surface area contributed by atoms with Gasteiger partial charge in [-0.15, -0.1) is 0 Å². The van der Waals surface area contributed by atoms with E-state index >= 15 is 0 Å². The molecule has 3 aromatic carbocycles. The van der Waals surface area contributed by atoms with E-state index in [-0.39, 0.29) is 23.5 Å². The number of nitrogens with zero attached hydrogens (tertiary/aromatic N) is 1. The van der Waals surface area contributed by atoms with E-state index in [4.69, 9.17) is 37.4 Å². The lowest BCUT2D eigenvalue weighted by Gasteiger charge is -2.22. The molecule has 10 nitrogen and oxygen atoms in total. The highest BCUT2D eigenvalue weighted by Gasteiger charge is 2.25. The van der Waals surface area contributed by atoms with Gasteiger partial charge in [0.1, 0.15) is 11.8 Å². The summed E-state index contributed by atoms with van der Waals surface area (Å²) < 4.78 is 17.0. The molecule has 0 spiro atoms. The van der Waals surface area contributed by atoms with Crippen molar-refractivity contribution in [2.45, 2.75) is 46.3 Å². The summed E-state index contributed by atoms with van der Waals surface area (Å²) in [5.41, 5.74) is 3.77. The molecule has 2 atom stereocenters. The molecule has 3 rings (SSSR count). The lowest BCUT2D eigenvalue weighted by atomic mass is 10.0. The van der Waals surface area contributed by atoms with Gasteiger partial charge in [-0.25, -0.2) is 5.43 Å². The second-order valence-electron chi connectivity index (χ2n) is 10.1. The number of carbonyl (C=O) groups is 3. The van der Waals surface area contributed by atoms with Crippen molar-refractivity contribution in [3.05, 3.63) is 82.3 Å². The number of amides is 3. The van der Waals surface area contributed by atoms with Crippen LogP contribution in [-0.2, 0) is 14.4 Å². The van der Waals surface area contributed by atoms with Gasteiger partial charge in [0.25, 0.3) is 17.7 Å². The maximum atomic E-state index is 13.0. The highest BCUT2D eigenvalue weighted by molar-refractivity contribution is 6.35. The topological polar surface area (TPSA) is 127 Å². The standard InChI is InChI=1S/C32H36Cl2N4O6/c1-5-42-29-16-22(11-13-28(29)43-19-30(39)36-24-9-7-6-8-10-24)18-35-38-32(41)26(15-20(2)3)37-31(40)21(4)44-27-14-12-23(33)17-25(27)34/h6-14,16-18,20-21,26H,5,15,19H2,1-4H3,(H,36,39)(H,37,40)(H,38,41)/b35-18-/t21-,26-/m1/s1. The van der Waals surface area contributed by atoms with E-state index in [2.05, 4.69) is 21.2 Å². The van der Waals surface area contributed by atoms with Gasteiger partial charge in [-0.2, -0.15) is 5.10 Å². The van der Waals surface area contributed by atoms with Gasteiger partial charge in [0.2, 0.25) is 0 Å². The SMILES string of the molecule is CCOc1cc(/C=N\NC(=O)[C@@H](CC(C)C)NC(=O)[C@@H](C)Oc2ccc(Cl)cc2Cl)ccc1OCC(=O)Nc1ccccc1. The molecule has 0 saturated heterocycles. The Morgan fingerprint density at radius 2 is 1.61 bits per heavy atom. The van der Waals surface area contributed by atoms with Crippen LogP contribution in [0, 0.1) is 5.92 Å². The summed E-state index contributed by atoms with van der Waals surface area (Å²) in [5.74, 6) is -0.101. The van der Waals surface area contributed by atoms with E-state index in [9.17, 15) is 14.4 Å². The molecule has 234 valence electrons. The lowest BCUT2D eigenvalue weighted by Crippen LogP contribution is -2.49. The Balaban J connectivity index is 1.59. The molecular formula is C32H36Cl2N4O6. The van der Waals surface area contributed by atoms with E-state index in [1.807, 2.05) is 39.0 Å². The number of para-hydroxylation sites is 1. The minimum absolute atomic E-state index is 0.105. The molecule has 0 fully saturated rings. The number of hydrogen-bond donors (Lipinski definition) is 3. The van der Waals surface area contributed by atoms with Gasteiger partial charge in [0.05, 0.1) is 17.8 Å². The van der Waals surface area contributed by atoms with Crippen molar-refractivity contribution in [2.24, 2.45) is 11.0 Å². The van der Waals surface area contributed by atoms with Gasteiger partial charge in [0, 0.05) is 10.7 Å². The smallest absolute Gasteiger partial charge is 0.262 e. The van der Waals surface area contributed by atoms with E-state index in [0.717, 1.165) is 0 Å². The average Bonchev–Trinajstić information content (AvgIpc) is 2.98. The van der Waals surface area contributed by atoms with Crippen LogP contribution in [0.3, 0.4) is 0 Å². The van der Waals surface area contributed by atoms with Crippen molar-refractivity contribution < 1.29 is 28.6 Å². The molecular weight excluding hydrogens is 607 g/mol. The largest absolute Gasteiger partial charge is 0.490 e. The second kappa shape index (κ2) is 17.1. The quantitative estimate of drug-likeness (QED) is 0.141. The predicted octanol–water partition coefficient (Wildman–Crippen LogP) is 5.86. The molecule has 0 bridgehead atoms. The summed E-state index contributed by atoms with van der Waals surface area (Å²) in [4.78, 5) is 38.1. The highest BCUT2D eigenvalue weighted by atomic mass is 35.5. The fourth-order valence-electron chi connectivity index (χ4n) is 3.91. The van der Waals surface area contributed by atoms with Crippen LogP contribution >= 0.6 is 23.2 Å². The molecule has 3 N–H and O–H groups in total. The zero-order valence-corrected chi connectivity index (χ0v) is 26.4. The van der Waals surface area contributed by atoms with Crippen LogP contribution in [0.15, 0.2) is 71.8 Å². The highest BCUT2D eigenvalue weighted by Crippen LogP contribution is 2.29. The number of nitrogens with one attached hydrogen (secondary N) is 3. The minimum atomic E-state index is -0.929. The Hall–Kier alpha value is -4.28. The van der Waals surface area contributed by atoms with Crippen molar-refractivity contribution in [3.8, 4) is 17.2 Å². The summed E-state index contributed by atoms with van der Waals surface area (Å²) in [5, 5.41) is 10.3. The van der Waals surface area contributed by atoms with Crippen molar-refractivity contribution in [3.63, 3.8) is 0 Å². The van der Waals surface area contributed by atoms with Crippen LogP contribution in [0.1, 0.15) is 39.7 Å². The molecule has 12 heteroatoms. The fourth-order valence-corrected chi connectivity index (χ4v) is 4.36. The molecule has 0 saturated carbocycles. The normalized spacial score (nSPS) is 12.3. The van der Waals surface area contributed by atoms with Crippen molar-refractivity contribution in [2.75, 3.05) is 18.5 Å². The molecule has 0 aliphatic rings. The number of hydrazone groups is 1. The average molecular weight is 644 g/mol. The molecule has 0 unspecified atom stereocenters. The van der Waals surface area contributed by atoms with Gasteiger partial charge < -0.3 is 24.8 Å². The first-order valence-corrected chi connectivity index (χ1v) is 14.8. The van der Waals surface area contributed by atoms with Gasteiger partial charge in [-0.1, -0.05) is 55.2 Å². The number of anilines is 1. The maximum Gasteiger partial charge on any atom is 0.262 e. The van der Waals surface area contributed by atoms with Crippen LogP contribution in [0.4, 0.5) is 5.69 Å². The zero-order chi connectivity index (χ0) is 32.1. The Kier molecular flexibility index (Phi) is 13.3. The van der Waals surface area contributed by atoms with Crippen LogP contribution < -0.4 is 30.3 Å². The molecule has 0 aromatic heterocycles. The van der Waals surface area contributed by atoms with Crippen LogP contribution in [0.2, 0.25) is 10.0 Å². The summed E-state index contributed by atoms with van der Waals surface area (Å²) in [6.07, 6.45) is 0.885. The third kappa shape index (κ3) is 11.1. The van der Waals surface area contributed by atoms with Crippen LogP contribution in [0.25, 0.3) is 0 Å². The Bertz CT molecular complexity index is 1450. The van der Waals surface area contributed by atoms with Crippen molar-refractivity contribution >= 4 is 52.8 Å². The van der Waals surface area contributed by atoms with Gasteiger partial charge in [-0.05, 0) is 80.3 Å². The predicted molar refractivity (Wildman–Crippen MR) is 172 cm³/mol. The first kappa shape index (κ1) is 34.2. The molecule has 44 heavy (non-hydrogen) atoms. The van der Waals surface area contributed by atoms with Crippen molar-refractivity contribution in [1.29, 1.82) is 0 Å². The maximum absolute atomic E-state index is 13.0. The van der Waals surface area contributed by atoms with Crippen molar-refractivity contribution in [1.82, 2.24) is 10.7 Å². The van der Waals surface area contributed by atoms with Gasteiger partial charge in [0.15, 0.2) is 24.2 Å². The minimum Gasteiger partial charge on any atom is -0.490 e. The molecule has 0 aliphatic carbocycles. The van der Waals surface area contributed by atoms with Gasteiger partial charge in [-0.3, -0.25) is 14.4 Å². The lowest BCUT2D eigenvalue weighted by molar-refractivity contribution is -0.132. The zero-order valence-electron chi connectivity index (χ0n) is 24.9. The third-order valence-corrected chi connectivity index (χ3v) is 6.51. The number of halogens is 2. The summed E-state index contributed by atoms with van der Waals surface area (Å²) >= 11 is 12.1. The Morgan fingerprint density at radius 3 is 2.30 bits per heavy atom. The third-order valence-electron chi connectivity index (χ3n) is 5.98. The monoisotopic (exact) mass is 642 g/mol. The Morgan fingerprint density at radius 1 is 0.886 bits per heavy atom. The van der Waals surface area contributed by atoms with Crippen LogP contribution in [-0.4, -0.2) is 49.3 Å². The summed E-state index contributed by atoms with van der Waals surface area (Å²) in [6.45, 7) is 7.42. The van der Waals surface area contributed by atoms with E-state index < -0.39 is 24.0 Å². The molecule has 0 aliphatic heterocycles. The van der Waals surface area contributed by atoms with Gasteiger partial charge >= 0.3 is 0 Å². The fraction of sp³-hybridized carbons (Fsp3) is 0.312. The second-order valence-corrected chi connectivity index (χ2v) is 10.9.